The number of carbonyl (C=O) groups excluding carboxylic acids is 2. The van der Waals surface area contributed by atoms with Gasteiger partial charge in [0.25, 0.3) is 0 Å². The topological polar surface area (TPSA) is 55.4 Å². The maximum atomic E-state index is 12.2. The summed E-state index contributed by atoms with van der Waals surface area (Å²) < 4.78 is 5.23. The second-order valence-corrected chi connectivity index (χ2v) is 5.61. The summed E-state index contributed by atoms with van der Waals surface area (Å²) in [7, 11) is 0. The molecule has 0 spiro atoms. The lowest BCUT2D eigenvalue weighted by Crippen LogP contribution is -2.26. The van der Waals surface area contributed by atoms with Gasteiger partial charge in [-0.1, -0.05) is 55.1 Å². The Balaban J connectivity index is 1.86. The monoisotopic (exact) mass is 323 g/mol. The zero-order valence-corrected chi connectivity index (χ0v) is 14.0. The lowest BCUT2D eigenvalue weighted by molar-refractivity contribution is -0.118. The molecule has 24 heavy (non-hydrogen) atoms. The first-order valence-corrected chi connectivity index (χ1v) is 7.72. The number of ether oxygens (including phenoxy) is 1. The molecule has 2 aromatic rings. The molecule has 0 saturated carbocycles. The van der Waals surface area contributed by atoms with Crippen molar-refractivity contribution in [2.24, 2.45) is 0 Å². The molecule has 4 heteroatoms. The average molecular weight is 323 g/mol. The molecule has 0 aliphatic carbocycles. The van der Waals surface area contributed by atoms with Gasteiger partial charge in [-0.15, -0.1) is 0 Å². The molecule has 2 rings (SSSR count). The van der Waals surface area contributed by atoms with Gasteiger partial charge in [-0.3, -0.25) is 4.79 Å². The lowest BCUT2D eigenvalue weighted by atomic mass is 10.0. The van der Waals surface area contributed by atoms with E-state index in [0.29, 0.717) is 12.1 Å². The van der Waals surface area contributed by atoms with E-state index < -0.39 is 5.97 Å². The Labute approximate surface area is 142 Å². The highest BCUT2D eigenvalue weighted by Gasteiger charge is 2.15. The Morgan fingerprint density at radius 3 is 2.25 bits per heavy atom. The van der Waals surface area contributed by atoms with Crippen LogP contribution in [0.25, 0.3) is 0 Å². The van der Waals surface area contributed by atoms with Crippen molar-refractivity contribution in [2.45, 2.75) is 20.4 Å². The summed E-state index contributed by atoms with van der Waals surface area (Å²) in [6, 6.07) is 15.2. The zero-order valence-electron chi connectivity index (χ0n) is 14.0. The van der Waals surface area contributed by atoms with E-state index in [1.54, 1.807) is 0 Å². The molecule has 0 fully saturated rings. The fourth-order valence-electron chi connectivity index (χ4n) is 2.33. The molecule has 4 nitrogen and oxygen atoms in total. The molecule has 0 radical (unpaired) electrons. The number of amides is 1. The first kappa shape index (κ1) is 17.5. The Hall–Kier alpha value is -2.88. The number of aryl methyl sites for hydroxylation is 2. The molecular weight excluding hydrogens is 302 g/mol. The van der Waals surface area contributed by atoms with Gasteiger partial charge in [0.2, 0.25) is 5.91 Å². The van der Waals surface area contributed by atoms with Gasteiger partial charge in [0.05, 0.1) is 5.56 Å². The van der Waals surface area contributed by atoms with Crippen molar-refractivity contribution in [3.05, 3.63) is 82.9 Å². The number of rotatable bonds is 6. The minimum absolute atomic E-state index is 0.132. The average Bonchev–Trinajstić information content (AvgIpc) is 2.58. The predicted octanol–water partition coefficient (Wildman–Crippen LogP) is 3.33. The Bertz CT molecular complexity index is 730. The van der Waals surface area contributed by atoms with Crippen LogP contribution in [0.4, 0.5) is 0 Å². The van der Waals surface area contributed by atoms with Crippen molar-refractivity contribution < 1.29 is 14.3 Å². The molecule has 0 aromatic heterocycles. The third-order valence-electron chi connectivity index (χ3n) is 3.68. The van der Waals surface area contributed by atoms with Crippen LogP contribution in [0.2, 0.25) is 0 Å². The van der Waals surface area contributed by atoms with Crippen LogP contribution in [0.1, 0.15) is 27.0 Å². The summed E-state index contributed by atoms with van der Waals surface area (Å²) in [5.41, 5.74) is 3.44. The second-order valence-electron chi connectivity index (χ2n) is 5.61. The highest BCUT2D eigenvalue weighted by Crippen LogP contribution is 2.14. The molecule has 0 aliphatic rings. The number of benzene rings is 2. The Morgan fingerprint density at radius 1 is 1.00 bits per heavy atom. The Morgan fingerprint density at radius 2 is 1.62 bits per heavy atom. The summed E-state index contributed by atoms with van der Waals surface area (Å²) in [6.45, 7) is 7.67. The third kappa shape index (κ3) is 4.56. The molecule has 0 heterocycles. The van der Waals surface area contributed by atoms with Crippen LogP contribution in [-0.2, 0) is 16.1 Å². The summed E-state index contributed by atoms with van der Waals surface area (Å²) in [4.78, 5) is 24.2. The van der Waals surface area contributed by atoms with E-state index in [1.165, 1.54) is 0 Å². The SMILES string of the molecule is C=C(COC(=O)c1c(C)cccc1C)C(=O)NCc1ccccc1. The van der Waals surface area contributed by atoms with Crippen LogP contribution in [0.3, 0.4) is 0 Å². The lowest BCUT2D eigenvalue weighted by Gasteiger charge is -2.11. The van der Waals surface area contributed by atoms with Gasteiger partial charge in [-0.25, -0.2) is 4.79 Å². The highest BCUT2D eigenvalue weighted by molar-refractivity contribution is 5.95. The van der Waals surface area contributed by atoms with Gasteiger partial charge >= 0.3 is 5.97 Å². The van der Waals surface area contributed by atoms with E-state index in [1.807, 2.05) is 62.4 Å². The molecule has 2 aromatic carbocycles. The van der Waals surface area contributed by atoms with Crippen molar-refractivity contribution in [3.63, 3.8) is 0 Å². The molecule has 0 atom stereocenters. The van der Waals surface area contributed by atoms with E-state index in [9.17, 15) is 9.59 Å². The van der Waals surface area contributed by atoms with E-state index in [2.05, 4.69) is 11.9 Å². The van der Waals surface area contributed by atoms with Crippen LogP contribution >= 0.6 is 0 Å². The molecular formula is C20H21NO3. The van der Waals surface area contributed by atoms with Crippen LogP contribution in [-0.4, -0.2) is 18.5 Å². The fraction of sp³-hybridized carbons (Fsp3) is 0.200. The smallest absolute Gasteiger partial charge is 0.339 e. The Kier molecular flexibility index (Phi) is 5.90. The zero-order chi connectivity index (χ0) is 17.5. The molecule has 0 bridgehead atoms. The minimum Gasteiger partial charge on any atom is -0.457 e. The highest BCUT2D eigenvalue weighted by atomic mass is 16.5. The van der Waals surface area contributed by atoms with E-state index in [4.69, 9.17) is 4.74 Å². The number of hydrogen-bond donors (Lipinski definition) is 1. The number of carbonyl (C=O) groups is 2. The normalized spacial score (nSPS) is 10.1. The molecule has 1 amide bonds. The largest absolute Gasteiger partial charge is 0.457 e. The molecule has 1 N–H and O–H groups in total. The van der Waals surface area contributed by atoms with Crippen molar-refractivity contribution in [3.8, 4) is 0 Å². The van der Waals surface area contributed by atoms with Crippen molar-refractivity contribution in [2.75, 3.05) is 6.61 Å². The van der Waals surface area contributed by atoms with Gasteiger partial charge in [0.1, 0.15) is 6.61 Å². The van der Waals surface area contributed by atoms with Gasteiger partial charge in [0, 0.05) is 12.1 Å². The molecule has 0 saturated heterocycles. The predicted molar refractivity (Wildman–Crippen MR) is 93.6 cm³/mol. The molecule has 0 aliphatic heterocycles. The number of esters is 1. The summed E-state index contributed by atoms with van der Waals surface area (Å²) in [5.74, 6) is -0.768. The van der Waals surface area contributed by atoms with Crippen molar-refractivity contribution in [1.29, 1.82) is 0 Å². The minimum atomic E-state index is -0.442. The van der Waals surface area contributed by atoms with Crippen molar-refractivity contribution >= 4 is 11.9 Å². The summed E-state index contributed by atoms with van der Waals surface area (Å²) in [6.07, 6.45) is 0. The van der Waals surface area contributed by atoms with Crippen LogP contribution in [0.15, 0.2) is 60.7 Å². The third-order valence-corrected chi connectivity index (χ3v) is 3.68. The van der Waals surface area contributed by atoms with Gasteiger partial charge in [-0.05, 0) is 30.5 Å². The quantitative estimate of drug-likeness (QED) is 0.655. The van der Waals surface area contributed by atoms with Crippen LogP contribution in [0.5, 0.6) is 0 Å². The standard InChI is InChI=1S/C20H21NO3/c1-14-8-7-9-15(2)18(14)20(23)24-13-16(3)19(22)21-12-17-10-5-4-6-11-17/h4-11H,3,12-13H2,1-2H3,(H,21,22). The first-order chi connectivity index (χ1) is 11.5. The second kappa shape index (κ2) is 8.11. The van der Waals surface area contributed by atoms with E-state index in [-0.39, 0.29) is 18.1 Å². The van der Waals surface area contributed by atoms with E-state index >= 15 is 0 Å². The number of hydrogen-bond acceptors (Lipinski definition) is 3. The van der Waals surface area contributed by atoms with Crippen LogP contribution < -0.4 is 5.32 Å². The van der Waals surface area contributed by atoms with Gasteiger partial charge < -0.3 is 10.1 Å². The first-order valence-electron chi connectivity index (χ1n) is 7.72. The van der Waals surface area contributed by atoms with Gasteiger partial charge in [-0.2, -0.15) is 0 Å². The van der Waals surface area contributed by atoms with Crippen molar-refractivity contribution in [1.82, 2.24) is 5.32 Å². The maximum Gasteiger partial charge on any atom is 0.339 e. The summed E-state index contributed by atoms with van der Waals surface area (Å²) >= 11 is 0. The van der Waals surface area contributed by atoms with Crippen LogP contribution in [0, 0.1) is 13.8 Å². The number of nitrogens with one attached hydrogen (secondary N) is 1. The van der Waals surface area contributed by atoms with E-state index in [0.717, 1.165) is 16.7 Å². The fourth-order valence-corrected chi connectivity index (χ4v) is 2.33. The molecule has 124 valence electrons. The molecule has 0 unspecified atom stereocenters. The maximum absolute atomic E-state index is 12.2. The summed E-state index contributed by atoms with van der Waals surface area (Å²) in [5, 5.41) is 2.76. The van der Waals surface area contributed by atoms with Gasteiger partial charge in [0.15, 0.2) is 0 Å².